The molecule has 0 aliphatic heterocycles. The lowest BCUT2D eigenvalue weighted by Crippen LogP contribution is -2.15. The van der Waals surface area contributed by atoms with Crippen molar-refractivity contribution < 1.29 is 9.53 Å². The number of nitrogens with zero attached hydrogens (tertiary/aromatic N) is 3. The fourth-order valence-electron chi connectivity index (χ4n) is 2.30. The molecule has 0 amide bonds. The molecule has 0 spiro atoms. The van der Waals surface area contributed by atoms with E-state index < -0.39 is 5.97 Å². The molecule has 8 nitrogen and oxygen atoms in total. The Bertz CT molecular complexity index is 814. The van der Waals surface area contributed by atoms with Crippen LogP contribution < -0.4 is 10.9 Å². The third kappa shape index (κ3) is 3.76. The Balaban J connectivity index is 1.69. The summed E-state index contributed by atoms with van der Waals surface area (Å²) in [4.78, 5) is 39.0. The second-order valence-corrected chi connectivity index (χ2v) is 5.66. The van der Waals surface area contributed by atoms with E-state index in [1.165, 1.54) is 12.3 Å². The molecule has 24 heavy (non-hydrogen) atoms. The molecular weight excluding hydrogens is 310 g/mol. The van der Waals surface area contributed by atoms with Gasteiger partial charge in [-0.3, -0.25) is 4.79 Å². The van der Waals surface area contributed by atoms with Gasteiger partial charge in [0.05, 0.1) is 30.1 Å². The first kappa shape index (κ1) is 16.1. The van der Waals surface area contributed by atoms with Gasteiger partial charge in [0, 0.05) is 18.2 Å². The highest BCUT2D eigenvalue weighted by Crippen LogP contribution is 2.37. The third-order valence-corrected chi connectivity index (χ3v) is 3.68. The molecule has 126 valence electrons. The van der Waals surface area contributed by atoms with Crippen LogP contribution in [0.2, 0.25) is 0 Å². The number of aromatic amines is 1. The van der Waals surface area contributed by atoms with Gasteiger partial charge in [-0.25, -0.2) is 19.7 Å². The molecule has 1 saturated carbocycles. The van der Waals surface area contributed by atoms with Crippen molar-refractivity contribution in [2.75, 3.05) is 11.9 Å². The van der Waals surface area contributed by atoms with Crippen LogP contribution in [0.25, 0.3) is 0 Å². The maximum atomic E-state index is 11.7. The fraction of sp³-hybridized carbons (Fsp3) is 0.438. The SMILES string of the molecule is CCOC(=O)c1cnc(NCc2cc(=O)[nH]c(C3CC3)n2)nc1C. The first-order chi connectivity index (χ1) is 11.6. The van der Waals surface area contributed by atoms with Crippen molar-refractivity contribution >= 4 is 11.9 Å². The van der Waals surface area contributed by atoms with E-state index in [0.717, 1.165) is 18.7 Å². The van der Waals surface area contributed by atoms with E-state index in [1.54, 1.807) is 13.8 Å². The van der Waals surface area contributed by atoms with Crippen molar-refractivity contribution in [2.45, 2.75) is 39.2 Å². The molecule has 2 heterocycles. The average molecular weight is 329 g/mol. The first-order valence-corrected chi connectivity index (χ1v) is 7.91. The van der Waals surface area contributed by atoms with E-state index >= 15 is 0 Å². The number of aryl methyl sites for hydroxylation is 1. The minimum Gasteiger partial charge on any atom is -0.462 e. The van der Waals surface area contributed by atoms with Gasteiger partial charge in [-0.05, 0) is 26.7 Å². The molecule has 2 N–H and O–H groups in total. The molecule has 1 fully saturated rings. The molecule has 0 unspecified atom stereocenters. The van der Waals surface area contributed by atoms with E-state index in [9.17, 15) is 9.59 Å². The number of carbonyl (C=O) groups excluding carboxylic acids is 1. The molecule has 0 atom stereocenters. The second-order valence-electron chi connectivity index (χ2n) is 5.66. The molecule has 1 aliphatic carbocycles. The molecule has 0 bridgehead atoms. The largest absolute Gasteiger partial charge is 0.462 e. The van der Waals surface area contributed by atoms with Gasteiger partial charge >= 0.3 is 5.97 Å². The Hall–Kier alpha value is -2.77. The topological polar surface area (TPSA) is 110 Å². The molecule has 2 aromatic rings. The van der Waals surface area contributed by atoms with Gasteiger partial charge < -0.3 is 15.0 Å². The maximum absolute atomic E-state index is 11.7. The predicted octanol–water partition coefficient (Wildman–Crippen LogP) is 1.53. The second kappa shape index (κ2) is 6.77. The fourth-order valence-corrected chi connectivity index (χ4v) is 2.30. The number of hydrogen-bond donors (Lipinski definition) is 2. The number of aromatic nitrogens is 4. The molecular formula is C16H19N5O3. The molecule has 8 heteroatoms. The quantitative estimate of drug-likeness (QED) is 0.773. The Kier molecular flexibility index (Phi) is 4.54. The van der Waals surface area contributed by atoms with Crippen LogP contribution in [0.3, 0.4) is 0 Å². The van der Waals surface area contributed by atoms with Gasteiger partial charge in [-0.2, -0.15) is 0 Å². The lowest BCUT2D eigenvalue weighted by molar-refractivity contribution is 0.0524. The van der Waals surface area contributed by atoms with Gasteiger partial charge in [-0.1, -0.05) is 0 Å². The van der Waals surface area contributed by atoms with Crippen LogP contribution in [0.15, 0.2) is 17.1 Å². The van der Waals surface area contributed by atoms with Crippen LogP contribution in [0.4, 0.5) is 5.95 Å². The van der Waals surface area contributed by atoms with Crippen molar-refractivity contribution in [3.8, 4) is 0 Å². The summed E-state index contributed by atoms with van der Waals surface area (Å²) >= 11 is 0. The Morgan fingerprint density at radius 3 is 2.88 bits per heavy atom. The first-order valence-electron chi connectivity index (χ1n) is 7.91. The summed E-state index contributed by atoms with van der Waals surface area (Å²) < 4.78 is 4.95. The van der Waals surface area contributed by atoms with Crippen molar-refractivity contribution in [1.82, 2.24) is 19.9 Å². The lowest BCUT2D eigenvalue weighted by Gasteiger charge is -2.08. The highest BCUT2D eigenvalue weighted by atomic mass is 16.5. The van der Waals surface area contributed by atoms with Crippen LogP contribution in [0.1, 0.15) is 53.3 Å². The summed E-state index contributed by atoms with van der Waals surface area (Å²) in [7, 11) is 0. The number of hydrogen-bond acceptors (Lipinski definition) is 7. The average Bonchev–Trinajstić information content (AvgIpc) is 3.37. The van der Waals surface area contributed by atoms with Crippen LogP contribution in [-0.4, -0.2) is 32.5 Å². The molecule has 3 rings (SSSR count). The third-order valence-electron chi connectivity index (χ3n) is 3.68. The van der Waals surface area contributed by atoms with E-state index in [0.29, 0.717) is 42.0 Å². The zero-order valence-corrected chi connectivity index (χ0v) is 13.6. The summed E-state index contributed by atoms with van der Waals surface area (Å²) in [6, 6.07) is 1.46. The molecule has 0 saturated heterocycles. The normalized spacial score (nSPS) is 13.6. The summed E-state index contributed by atoms with van der Waals surface area (Å²) in [6.07, 6.45) is 3.57. The predicted molar refractivity (Wildman–Crippen MR) is 86.9 cm³/mol. The number of nitrogens with one attached hydrogen (secondary N) is 2. The number of carbonyl (C=O) groups is 1. The number of rotatable bonds is 6. The van der Waals surface area contributed by atoms with Crippen LogP contribution in [0.5, 0.6) is 0 Å². The monoisotopic (exact) mass is 329 g/mol. The van der Waals surface area contributed by atoms with Crippen molar-refractivity contribution in [3.63, 3.8) is 0 Å². The Morgan fingerprint density at radius 1 is 1.42 bits per heavy atom. The smallest absolute Gasteiger partial charge is 0.341 e. The molecule has 2 aromatic heterocycles. The zero-order chi connectivity index (χ0) is 17.1. The number of anilines is 1. The maximum Gasteiger partial charge on any atom is 0.341 e. The van der Waals surface area contributed by atoms with Crippen molar-refractivity contribution in [2.24, 2.45) is 0 Å². The van der Waals surface area contributed by atoms with Gasteiger partial charge in [0.15, 0.2) is 0 Å². The van der Waals surface area contributed by atoms with E-state index in [4.69, 9.17) is 4.74 Å². The summed E-state index contributed by atoms with van der Waals surface area (Å²) in [5, 5.41) is 3.02. The van der Waals surface area contributed by atoms with E-state index in [2.05, 4.69) is 25.3 Å². The number of H-pyrrole nitrogens is 1. The van der Waals surface area contributed by atoms with E-state index in [1.807, 2.05) is 0 Å². The van der Waals surface area contributed by atoms with Crippen LogP contribution in [-0.2, 0) is 11.3 Å². The highest BCUT2D eigenvalue weighted by molar-refractivity contribution is 5.90. The summed E-state index contributed by atoms with van der Waals surface area (Å²) in [6.45, 7) is 4.10. The van der Waals surface area contributed by atoms with Gasteiger partial charge in [0.1, 0.15) is 5.82 Å². The highest BCUT2D eigenvalue weighted by Gasteiger charge is 2.26. The van der Waals surface area contributed by atoms with Crippen LogP contribution in [0, 0.1) is 6.92 Å². The Labute approximate surface area is 138 Å². The number of ether oxygens (including phenoxy) is 1. The van der Waals surface area contributed by atoms with Gasteiger partial charge in [0.2, 0.25) is 5.95 Å². The molecule has 1 aliphatic rings. The van der Waals surface area contributed by atoms with Gasteiger partial charge in [-0.15, -0.1) is 0 Å². The van der Waals surface area contributed by atoms with Crippen molar-refractivity contribution in [1.29, 1.82) is 0 Å². The minimum atomic E-state index is -0.438. The van der Waals surface area contributed by atoms with Gasteiger partial charge in [0.25, 0.3) is 5.56 Å². The van der Waals surface area contributed by atoms with E-state index in [-0.39, 0.29) is 5.56 Å². The van der Waals surface area contributed by atoms with Crippen molar-refractivity contribution in [3.05, 3.63) is 45.4 Å². The lowest BCUT2D eigenvalue weighted by atomic mass is 10.2. The standard InChI is InChI=1S/C16H19N5O3/c1-3-24-15(23)12-8-18-16(19-9(12)2)17-7-11-6-13(22)21-14(20-11)10-4-5-10/h6,8,10H,3-5,7H2,1-2H3,(H,17,18,19)(H,20,21,22). The number of esters is 1. The summed E-state index contributed by atoms with van der Waals surface area (Å²) in [5.41, 5.74) is 1.35. The minimum absolute atomic E-state index is 0.154. The van der Waals surface area contributed by atoms with Crippen LogP contribution >= 0.6 is 0 Å². The molecule has 0 radical (unpaired) electrons. The summed E-state index contributed by atoms with van der Waals surface area (Å²) in [5.74, 6) is 1.05. The zero-order valence-electron chi connectivity index (χ0n) is 13.6. The Morgan fingerprint density at radius 2 is 2.21 bits per heavy atom. The molecule has 0 aromatic carbocycles.